The van der Waals surface area contributed by atoms with Crippen LogP contribution < -0.4 is 0 Å². The second-order valence-electron chi connectivity index (χ2n) is 30.4. The van der Waals surface area contributed by atoms with Gasteiger partial charge in [0, 0.05) is 153 Å². The van der Waals surface area contributed by atoms with Gasteiger partial charge in [-0.05, 0) is 142 Å². The molecule has 0 bridgehead atoms. The molecule has 0 saturated heterocycles. The van der Waals surface area contributed by atoms with Gasteiger partial charge in [0.1, 0.15) is 0 Å². The van der Waals surface area contributed by atoms with E-state index >= 15 is 0 Å². The molecule has 14 aromatic carbocycles. The molecule has 125 heavy (non-hydrogen) atoms. The van der Waals surface area contributed by atoms with Crippen LogP contribution in [0.15, 0.2) is 420 Å². The van der Waals surface area contributed by atoms with Gasteiger partial charge in [-0.15, -0.1) is 11.3 Å². The van der Waals surface area contributed by atoms with Crippen molar-refractivity contribution in [3.05, 3.63) is 420 Å². The Kier molecular flexibility index (Phi) is 19.5. The third-order valence-corrected chi connectivity index (χ3v) is 24.0. The van der Waals surface area contributed by atoms with Crippen LogP contribution in [0, 0.1) is 0 Å². The molecular formula is C111H69N13S. The van der Waals surface area contributed by atoms with E-state index in [0.29, 0.717) is 0 Å². The molecule has 584 valence electrons. The maximum Gasteiger partial charge on any atom is 0.161 e. The Bertz CT molecular complexity index is 8380. The topological polar surface area (TPSA) is 168 Å². The highest BCUT2D eigenvalue weighted by atomic mass is 32.1. The second-order valence-corrected chi connectivity index (χ2v) is 31.4. The third kappa shape index (κ3) is 14.3. The highest BCUT2D eigenvalue weighted by Gasteiger charge is 2.23. The molecule has 0 unspecified atom stereocenters. The molecular weight excluding hydrogens is 1550 g/mol. The van der Waals surface area contributed by atoms with Crippen LogP contribution in [0.4, 0.5) is 0 Å². The van der Waals surface area contributed by atoms with Crippen molar-refractivity contribution in [2.24, 2.45) is 0 Å². The molecule has 0 fully saturated rings. The monoisotopic (exact) mass is 1620 g/mol. The Balaban J connectivity index is 0.0000000989. The maximum absolute atomic E-state index is 5.17. The van der Waals surface area contributed by atoms with Gasteiger partial charge in [0.2, 0.25) is 0 Å². The van der Waals surface area contributed by atoms with Crippen molar-refractivity contribution < 1.29 is 0 Å². The van der Waals surface area contributed by atoms with E-state index < -0.39 is 0 Å². The van der Waals surface area contributed by atoms with Crippen LogP contribution in [-0.2, 0) is 0 Å². The number of fused-ring (bicyclic) bond motifs is 17. The lowest BCUT2D eigenvalue weighted by Gasteiger charge is -2.14. The van der Waals surface area contributed by atoms with Crippen molar-refractivity contribution in [2.45, 2.75) is 0 Å². The molecule has 25 rings (SSSR count). The number of pyridine rings is 7. The van der Waals surface area contributed by atoms with Gasteiger partial charge in [0.05, 0.1) is 83.0 Å². The van der Waals surface area contributed by atoms with Crippen LogP contribution >= 0.6 is 11.3 Å². The number of aromatic nitrogens is 13. The molecule has 25 aromatic rings. The maximum atomic E-state index is 5.17. The fourth-order valence-corrected chi connectivity index (χ4v) is 18.2. The van der Waals surface area contributed by atoms with Crippen LogP contribution in [0.2, 0.25) is 0 Å². The molecule has 11 aromatic heterocycles. The Morgan fingerprint density at radius 3 is 1.02 bits per heavy atom. The van der Waals surface area contributed by atoms with E-state index in [4.69, 9.17) is 34.9 Å². The van der Waals surface area contributed by atoms with Gasteiger partial charge in [0.15, 0.2) is 11.6 Å². The van der Waals surface area contributed by atoms with Crippen LogP contribution in [0.3, 0.4) is 0 Å². The number of thiophene rings is 1. The Morgan fingerprint density at radius 2 is 0.536 bits per heavy atom. The molecule has 0 N–H and O–H groups in total. The minimum Gasteiger partial charge on any atom is -0.265 e. The van der Waals surface area contributed by atoms with Gasteiger partial charge >= 0.3 is 0 Å². The average molecular weight is 1620 g/mol. The summed E-state index contributed by atoms with van der Waals surface area (Å²) in [6, 6.07) is 127. The number of benzene rings is 14. The molecule has 0 aliphatic heterocycles. The van der Waals surface area contributed by atoms with E-state index in [1.165, 1.54) is 15.5 Å². The Labute approximate surface area is 721 Å². The zero-order valence-electron chi connectivity index (χ0n) is 67.1. The smallest absolute Gasteiger partial charge is 0.161 e. The van der Waals surface area contributed by atoms with Gasteiger partial charge in [-0.2, -0.15) is 0 Å². The van der Waals surface area contributed by atoms with Crippen molar-refractivity contribution in [3.63, 3.8) is 0 Å². The summed E-state index contributed by atoms with van der Waals surface area (Å²) in [6.45, 7) is 0. The summed E-state index contributed by atoms with van der Waals surface area (Å²) in [5.41, 5.74) is 24.0. The third-order valence-electron chi connectivity index (χ3n) is 22.8. The molecule has 0 atom stereocenters. The first-order valence-corrected chi connectivity index (χ1v) is 42.1. The van der Waals surface area contributed by atoms with Gasteiger partial charge in [0.25, 0.3) is 0 Å². The molecule has 0 aliphatic carbocycles. The molecule has 0 radical (unpaired) electrons. The molecule has 0 amide bonds. The lowest BCUT2D eigenvalue weighted by atomic mass is 9.94. The van der Waals surface area contributed by atoms with Crippen LogP contribution in [0.25, 0.3) is 230 Å². The minimum absolute atomic E-state index is 0.731. The van der Waals surface area contributed by atoms with Crippen molar-refractivity contribution in [3.8, 4) is 101 Å². The molecule has 11 heterocycles. The molecule has 13 nitrogen and oxygen atoms in total. The SMILES string of the molecule is c1ccc(-c2nc(-c3cc4cccnc4c4ccccc34)nc3c2sc2ccccc23)cc1.c1ccc(-c2nc(-c3cc4cccnc4c4ccccc34)nc3ccccc23)cc1.c1ccc(-c2nc3ccccc3nc2-c2cc3cccnc3c3ccccc23)cc1.c1cnc2c(c1)cc(-c1cc(-c3ccncc3)nc(-c3ccncc3)c1)c1ccccc12. The fraction of sp³-hybridized carbons (Fsp3) is 0. The largest absolute Gasteiger partial charge is 0.265 e. The van der Waals surface area contributed by atoms with Crippen LogP contribution in [-0.4, -0.2) is 64.8 Å². The van der Waals surface area contributed by atoms with E-state index in [9.17, 15) is 0 Å². The predicted octanol–water partition coefficient (Wildman–Crippen LogP) is 27.8. The number of para-hydroxylation sites is 3. The number of nitrogens with zero attached hydrogens (tertiary/aromatic N) is 13. The quantitative estimate of drug-likeness (QED) is 0.125. The average Bonchev–Trinajstić information content (AvgIpc) is 1.02. The van der Waals surface area contributed by atoms with E-state index in [0.717, 1.165) is 215 Å². The van der Waals surface area contributed by atoms with E-state index in [2.05, 4.69) is 273 Å². The molecule has 0 aliphatic rings. The second kappa shape index (κ2) is 32.7. The summed E-state index contributed by atoms with van der Waals surface area (Å²) in [5.74, 6) is 1.47. The summed E-state index contributed by atoms with van der Waals surface area (Å²) in [4.78, 5) is 62.3. The van der Waals surface area contributed by atoms with Gasteiger partial charge in [-0.3, -0.25) is 29.9 Å². The summed E-state index contributed by atoms with van der Waals surface area (Å²) < 4.78 is 2.35. The van der Waals surface area contributed by atoms with Gasteiger partial charge < -0.3 is 0 Å². The van der Waals surface area contributed by atoms with Crippen molar-refractivity contribution in [1.82, 2.24) is 64.8 Å². The summed E-state index contributed by atoms with van der Waals surface area (Å²) in [7, 11) is 0. The number of rotatable bonds is 9. The highest BCUT2D eigenvalue weighted by molar-refractivity contribution is 7.26. The number of hydrogen-bond donors (Lipinski definition) is 0. The molecule has 0 spiro atoms. The lowest BCUT2D eigenvalue weighted by Crippen LogP contribution is -1.96. The van der Waals surface area contributed by atoms with Crippen LogP contribution in [0.5, 0.6) is 0 Å². The van der Waals surface area contributed by atoms with E-state index in [1.807, 2.05) is 152 Å². The van der Waals surface area contributed by atoms with E-state index in [1.54, 1.807) is 36.1 Å². The lowest BCUT2D eigenvalue weighted by molar-refractivity contribution is 1.23. The highest BCUT2D eigenvalue weighted by Crippen LogP contribution is 2.45. The first-order valence-electron chi connectivity index (χ1n) is 41.3. The Morgan fingerprint density at radius 1 is 0.184 bits per heavy atom. The van der Waals surface area contributed by atoms with Crippen LogP contribution in [0.1, 0.15) is 0 Å². The fourth-order valence-electron chi connectivity index (χ4n) is 17.0. The molecule has 14 heteroatoms. The normalized spacial score (nSPS) is 11.4. The van der Waals surface area contributed by atoms with Crippen molar-refractivity contribution >= 4 is 140 Å². The summed E-state index contributed by atoms with van der Waals surface area (Å²) in [6.07, 6.45) is 14.6. The first kappa shape index (κ1) is 74.5. The minimum atomic E-state index is 0.731. The first-order chi connectivity index (χ1) is 62.0. The summed E-state index contributed by atoms with van der Waals surface area (Å²) >= 11 is 1.76. The van der Waals surface area contributed by atoms with Gasteiger partial charge in [-0.1, -0.05) is 261 Å². The zero-order chi connectivity index (χ0) is 82.9. The predicted molar refractivity (Wildman–Crippen MR) is 514 cm³/mol. The molecule has 0 saturated carbocycles. The number of hydrogen-bond acceptors (Lipinski definition) is 14. The standard InChI is InChI=1S/C29H17N3S.C28H18N4.2C27H17N3/c1-2-9-18(10-3-1)26-28-27(22-14-6-7-15-24(22)33-28)32-29(31-26)23-17-19-11-8-16-30-25(19)21-13-5-4-12-20(21)23;1-2-6-24-23(5-1)25(16-21-4-3-11-31-28(21)24)22-17-26(19-7-12-29-13-8-19)32-27(18-22)20-9-14-30-15-10-20;1-2-9-18(10-3-1)26-27(30-24-15-7-6-14-23(24)29-26)22-17-19-11-8-16-28-25(19)21-13-5-4-12-20(21)22;1-2-9-18(10-3-1)26-22-14-6-7-15-24(22)29-27(30-26)23-17-19-11-8-16-28-25(19)21-13-5-4-12-20(21)23/h1-17H;1-18H;2*1-17H. The Hall–Kier alpha value is -16.8. The zero-order valence-corrected chi connectivity index (χ0v) is 67.9. The van der Waals surface area contributed by atoms with Crippen molar-refractivity contribution in [1.29, 1.82) is 0 Å². The van der Waals surface area contributed by atoms with Gasteiger partial charge in [-0.25, -0.2) is 34.9 Å². The van der Waals surface area contributed by atoms with E-state index in [-0.39, 0.29) is 0 Å². The summed E-state index contributed by atoms with van der Waals surface area (Å²) in [5, 5.41) is 15.6. The van der Waals surface area contributed by atoms with Crippen molar-refractivity contribution in [2.75, 3.05) is 0 Å².